The summed E-state index contributed by atoms with van der Waals surface area (Å²) in [4.78, 5) is 14.3. The molecule has 7 nitrogen and oxygen atoms in total. The number of H-pyrrole nitrogens is 1. The third-order valence-electron chi connectivity index (χ3n) is 2.74. The Labute approximate surface area is 131 Å². The lowest BCUT2D eigenvalue weighted by atomic mass is 10.2. The van der Waals surface area contributed by atoms with Crippen LogP contribution in [0.1, 0.15) is 0 Å². The fourth-order valence-corrected chi connectivity index (χ4v) is 2.09. The van der Waals surface area contributed by atoms with Crippen molar-refractivity contribution < 1.29 is 8.78 Å². The molecular formula is C13H8F2N6OS. The Morgan fingerprint density at radius 1 is 1.17 bits per heavy atom. The average Bonchev–Trinajstić information content (AvgIpc) is 3.05. The van der Waals surface area contributed by atoms with Crippen LogP contribution in [0.4, 0.5) is 31.0 Å². The number of halogens is 2. The fourth-order valence-electron chi connectivity index (χ4n) is 1.72. The van der Waals surface area contributed by atoms with E-state index < -0.39 is 17.2 Å². The number of aromatic amines is 1. The van der Waals surface area contributed by atoms with E-state index in [9.17, 15) is 13.6 Å². The van der Waals surface area contributed by atoms with Gasteiger partial charge in [-0.2, -0.15) is 0 Å². The molecule has 0 aliphatic carbocycles. The second kappa shape index (κ2) is 6.40. The van der Waals surface area contributed by atoms with Gasteiger partial charge in [-0.3, -0.25) is 4.79 Å². The predicted molar refractivity (Wildman–Crippen MR) is 80.8 cm³/mol. The van der Waals surface area contributed by atoms with Gasteiger partial charge in [-0.1, -0.05) is 17.4 Å². The molecule has 3 aromatic rings. The molecule has 2 aromatic heterocycles. The second-order valence-corrected chi connectivity index (χ2v) is 5.03. The highest BCUT2D eigenvalue weighted by Crippen LogP contribution is 2.28. The average molecular weight is 334 g/mol. The maximum absolute atomic E-state index is 13.7. The highest BCUT2D eigenvalue weighted by atomic mass is 32.1. The number of pyridine rings is 1. The maximum Gasteiger partial charge on any atom is 0.277 e. The number of hydrogen-bond donors (Lipinski definition) is 2. The van der Waals surface area contributed by atoms with Crippen LogP contribution in [-0.4, -0.2) is 15.2 Å². The highest BCUT2D eigenvalue weighted by Gasteiger charge is 2.12. The minimum Gasteiger partial charge on any atom is -0.351 e. The molecule has 0 radical (unpaired) electrons. The minimum absolute atomic E-state index is 0.0913. The smallest absolute Gasteiger partial charge is 0.277 e. The molecule has 0 bridgehead atoms. The molecule has 116 valence electrons. The van der Waals surface area contributed by atoms with Gasteiger partial charge in [-0.25, -0.2) is 8.78 Å². The summed E-state index contributed by atoms with van der Waals surface area (Å²) in [5.74, 6) is -2.06. The van der Waals surface area contributed by atoms with Crippen molar-refractivity contribution in [1.29, 1.82) is 0 Å². The number of nitrogens with zero attached hydrogens (tertiary/aromatic N) is 4. The Hall–Kier alpha value is -3.01. The lowest BCUT2D eigenvalue weighted by Gasteiger charge is -2.09. The third-order valence-corrected chi connectivity index (χ3v) is 3.31. The third kappa shape index (κ3) is 3.26. The quantitative estimate of drug-likeness (QED) is 0.712. The lowest BCUT2D eigenvalue weighted by molar-refractivity contribution is 0.512. The summed E-state index contributed by atoms with van der Waals surface area (Å²) in [6.07, 6.45) is 1.35. The van der Waals surface area contributed by atoms with Crippen LogP contribution in [0.3, 0.4) is 0 Å². The molecule has 0 aliphatic rings. The minimum atomic E-state index is -1.06. The van der Waals surface area contributed by atoms with Crippen molar-refractivity contribution in [2.45, 2.75) is 0 Å². The summed E-state index contributed by atoms with van der Waals surface area (Å²) in [5, 5.41) is 17.7. The van der Waals surface area contributed by atoms with E-state index >= 15 is 0 Å². The van der Waals surface area contributed by atoms with Crippen LogP contribution < -0.4 is 10.9 Å². The fraction of sp³-hybridized carbons (Fsp3) is 0. The summed E-state index contributed by atoms with van der Waals surface area (Å²) in [5.41, 5.74) is 0.881. The van der Waals surface area contributed by atoms with Crippen molar-refractivity contribution in [1.82, 2.24) is 15.2 Å². The summed E-state index contributed by atoms with van der Waals surface area (Å²) in [6.45, 7) is 0. The Bertz CT molecular complexity index is 909. The second-order valence-electron chi connectivity index (χ2n) is 4.22. The van der Waals surface area contributed by atoms with E-state index in [1.54, 1.807) is 0 Å². The Balaban J connectivity index is 1.98. The van der Waals surface area contributed by atoms with Crippen molar-refractivity contribution >= 4 is 33.5 Å². The van der Waals surface area contributed by atoms with E-state index in [4.69, 9.17) is 0 Å². The van der Waals surface area contributed by atoms with Crippen molar-refractivity contribution in [2.75, 3.05) is 5.32 Å². The van der Waals surface area contributed by atoms with E-state index in [2.05, 4.69) is 30.7 Å². The van der Waals surface area contributed by atoms with Crippen LogP contribution in [0, 0.1) is 11.6 Å². The molecule has 23 heavy (non-hydrogen) atoms. The Kier molecular flexibility index (Phi) is 4.15. The summed E-state index contributed by atoms with van der Waals surface area (Å²) in [7, 11) is 0. The molecule has 10 heteroatoms. The predicted octanol–water partition coefficient (Wildman–Crippen LogP) is 3.66. The van der Waals surface area contributed by atoms with Crippen molar-refractivity contribution in [2.24, 2.45) is 10.2 Å². The first kappa shape index (κ1) is 14.9. The normalized spacial score (nSPS) is 11.0. The molecule has 0 saturated carbocycles. The number of rotatable bonds is 4. The highest BCUT2D eigenvalue weighted by molar-refractivity contribution is 7.13. The number of hydrogen-bond acceptors (Lipinski definition) is 7. The number of anilines is 2. The molecule has 0 aliphatic heterocycles. The van der Waals surface area contributed by atoms with Crippen LogP contribution in [-0.2, 0) is 0 Å². The molecule has 0 saturated heterocycles. The molecule has 3 rings (SSSR count). The van der Waals surface area contributed by atoms with E-state index in [-0.39, 0.29) is 22.2 Å². The van der Waals surface area contributed by atoms with Crippen LogP contribution in [0.5, 0.6) is 0 Å². The van der Waals surface area contributed by atoms with Crippen LogP contribution in [0.15, 0.2) is 51.0 Å². The van der Waals surface area contributed by atoms with Gasteiger partial charge in [0.2, 0.25) is 0 Å². The van der Waals surface area contributed by atoms with Gasteiger partial charge in [-0.15, -0.1) is 20.4 Å². The zero-order valence-corrected chi connectivity index (χ0v) is 12.1. The molecular weight excluding hydrogens is 326 g/mol. The summed E-state index contributed by atoms with van der Waals surface area (Å²) >= 11 is 1.14. The summed E-state index contributed by atoms with van der Waals surface area (Å²) < 4.78 is 27.0. The van der Waals surface area contributed by atoms with Crippen molar-refractivity contribution in [3.63, 3.8) is 0 Å². The number of azo groups is 1. The van der Waals surface area contributed by atoms with Gasteiger partial charge in [0.1, 0.15) is 5.51 Å². The van der Waals surface area contributed by atoms with Gasteiger partial charge in [-0.05, 0) is 18.2 Å². The molecule has 0 atom stereocenters. The van der Waals surface area contributed by atoms with Gasteiger partial charge in [0.15, 0.2) is 17.3 Å². The van der Waals surface area contributed by atoms with E-state index in [0.29, 0.717) is 0 Å². The van der Waals surface area contributed by atoms with E-state index in [0.717, 1.165) is 17.4 Å². The molecule has 0 amide bonds. The van der Waals surface area contributed by atoms with Crippen molar-refractivity contribution in [3.05, 3.63) is 58.0 Å². The largest absolute Gasteiger partial charge is 0.351 e. The zero-order valence-electron chi connectivity index (χ0n) is 11.3. The van der Waals surface area contributed by atoms with Gasteiger partial charge >= 0.3 is 0 Å². The van der Waals surface area contributed by atoms with Crippen molar-refractivity contribution in [3.8, 4) is 0 Å². The first-order valence-corrected chi connectivity index (χ1v) is 7.14. The van der Waals surface area contributed by atoms with Crippen LogP contribution >= 0.6 is 11.3 Å². The molecule has 2 heterocycles. The topological polar surface area (TPSA) is 95.4 Å². The van der Waals surface area contributed by atoms with Crippen LogP contribution in [0.2, 0.25) is 0 Å². The van der Waals surface area contributed by atoms with Gasteiger partial charge in [0.05, 0.1) is 11.4 Å². The SMILES string of the molecule is O=c1[nH]ccc(Nc2cccc(F)c2F)c1N=Nc1nncs1. The van der Waals surface area contributed by atoms with Gasteiger partial charge < -0.3 is 10.3 Å². The maximum atomic E-state index is 13.7. The lowest BCUT2D eigenvalue weighted by Crippen LogP contribution is -2.07. The molecule has 0 fully saturated rings. The molecule has 2 N–H and O–H groups in total. The monoisotopic (exact) mass is 334 g/mol. The summed E-state index contributed by atoms with van der Waals surface area (Å²) in [6, 6.07) is 5.14. The molecule has 0 unspecified atom stereocenters. The first-order chi connectivity index (χ1) is 11.1. The molecule has 0 spiro atoms. The standard InChI is InChI=1S/C13H8F2N6OS/c14-7-2-1-3-8(10(7)15)18-9-4-5-16-12(22)11(9)19-21-13-20-17-6-23-13/h1-6H,(H2,16,18,22). The Morgan fingerprint density at radius 3 is 2.83 bits per heavy atom. The van der Waals surface area contributed by atoms with Gasteiger partial charge in [0.25, 0.3) is 10.7 Å². The number of benzene rings is 1. The number of nitrogens with one attached hydrogen (secondary N) is 2. The van der Waals surface area contributed by atoms with E-state index in [1.807, 2.05) is 0 Å². The van der Waals surface area contributed by atoms with Gasteiger partial charge in [0, 0.05) is 6.20 Å². The molecule has 1 aromatic carbocycles. The zero-order chi connectivity index (χ0) is 16.2. The Morgan fingerprint density at radius 2 is 2.04 bits per heavy atom. The first-order valence-electron chi connectivity index (χ1n) is 6.26. The van der Waals surface area contributed by atoms with Crippen LogP contribution in [0.25, 0.3) is 0 Å². The van der Waals surface area contributed by atoms with E-state index in [1.165, 1.54) is 29.9 Å². The number of aromatic nitrogens is 3.